The summed E-state index contributed by atoms with van der Waals surface area (Å²) in [6.45, 7) is 6.74. The van der Waals surface area contributed by atoms with E-state index in [2.05, 4.69) is 18.2 Å². The van der Waals surface area contributed by atoms with E-state index in [0.717, 1.165) is 0 Å². The molecule has 0 aliphatic carbocycles. The van der Waals surface area contributed by atoms with Gasteiger partial charge in [0.25, 0.3) is 0 Å². The second-order valence-electron chi connectivity index (χ2n) is 1.31. The highest BCUT2D eigenvalue weighted by Gasteiger charge is 1.92. The predicted octanol–water partition coefficient (Wildman–Crippen LogP) is 0.693. The molecule has 0 unspecified atom stereocenters. The van der Waals surface area contributed by atoms with Gasteiger partial charge in [0.1, 0.15) is 11.5 Å². The van der Waals surface area contributed by atoms with Crippen molar-refractivity contribution in [1.29, 1.82) is 5.41 Å². The second kappa shape index (κ2) is 3.60. The van der Waals surface area contributed by atoms with Crippen LogP contribution in [-0.2, 0) is 0 Å². The van der Waals surface area contributed by atoms with Gasteiger partial charge in [-0.25, -0.2) is 0 Å². The van der Waals surface area contributed by atoms with E-state index in [1.807, 2.05) is 0 Å². The zero-order valence-corrected chi connectivity index (χ0v) is 5.09. The van der Waals surface area contributed by atoms with E-state index in [1.54, 1.807) is 0 Å². The van der Waals surface area contributed by atoms with Crippen LogP contribution in [-0.4, -0.2) is 11.5 Å². The molecule has 48 valence electrons. The zero-order chi connectivity index (χ0) is 7.28. The average Bonchev–Trinajstić information content (AvgIpc) is 1.82. The summed E-state index contributed by atoms with van der Waals surface area (Å²) in [4.78, 5) is 3.66. The van der Waals surface area contributed by atoms with Crippen LogP contribution in [0.4, 0.5) is 0 Å². The van der Waals surface area contributed by atoms with Crippen LogP contribution in [0, 0.1) is 5.41 Å². The van der Waals surface area contributed by atoms with Crippen LogP contribution in [0.1, 0.15) is 0 Å². The van der Waals surface area contributed by atoms with Crippen molar-refractivity contribution in [2.45, 2.75) is 0 Å². The Morgan fingerprint density at radius 2 is 2.11 bits per heavy atom. The van der Waals surface area contributed by atoms with Crippen LogP contribution in [0.25, 0.3) is 0 Å². The number of hydrogen-bond acceptors (Lipinski definition) is 2. The molecule has 0 saturated heterocycles. The molecule has 0 saturated carbocycles. The maximum absolute atomic E-state index is 6.88. The lowest BCUT2D eigenvalue weighted by Crippen LogP contribution is -2.19. The molecule has 0 spiro atoms. The molecule has 0 aromatic rings. The Hall–Kier alpha value is -1.38. The Balaban J connectivity index is 4.32. The van der Waals surface area contributed by atoms with Crippen molar-refractivity contribution in [1.82, 2.24) is 0 Å². The van der Waals surface area contributed by atoms with Gasteiger partial charge in [-0.3, -0.25) is 10.4 Å². The normalized spacial score (nSPS) is 10.4. The van der Waals surface area contributed by atoms with Crippen LogP contribution in [0.3, 0.4) is 0 Å². The number of nitrogens with two attached hydrogens (primary N) is 1. The molecule has 0 rings (SSSR count). The smallest absolute Gasteiger partial charge is 0.141 e. The van der Waals surface area contributed by atoms with E-state index in [-0.39, 0.29) is 5.84 Å². The van der Waals surface area contributed by atoms with Crippen molar-refractivity contribution < 1.29 is 0 Å². The Labute approximate surface area is 54.1 Å². The van der Waals surface area contributed by atoms with Gasteiger partial charge in [0.2, 0.25) is 0 Å². The van der Waals surface area contributed by atoms with Gasteiger partial charge >= 0.3 is 0 Å². The van der Waals surface area contributed by atoms with Crippen molar-refractivity contribution >= 4 is 11.5 Å². The summed E-state index contributed by atoms with van der Waals surface area (Å²) in [5.74, 6) is -0.0927. The molecule has 0 atom stereocenters. The van der Waals surface area contributed by atoms with Gasteiger partial charge < -0.3 is 5.73 Å². The molecule has 3 heteroatoms. The molecule has 0 heterocycles. The van der Waals surface area contributed by atoms with Crippen molar-refractivity contribution in [2.24, 2.45) is 10.7 Å². The fourth-order valence-electron chi connectivity index (χ4n) is 0.331. The van der Waals surface area contributed by atoms with E-state index < -0.39 is 0 Å². The van der Waals surface area contributed by atoms with Gasteiger partial charge in [-0.15, -0.1) is 0 Å². The zero-order valence-electron chi connectivity index (χ0n) is 5.09. The monoisotopic (exact) mass is 123 g/mol. The maximum atomic E-state index is 6.88. The quantitative estimate of drug-likeness (QED) is 0.421. The van der Waals surface area contributed by atoms with Crippen molar-refractivity contribution in [3.63, 3.8) is 0 Å². The number of aliphatic imine (C=N–C) groups is 1. The molecule has 3 N–H and O–H groups in total. The third-order valence-corrected chi connectivity index (χ3v) is 0.700. The Morgan fingerprint density at radius 1 is 1.56 bits per heavy atom. The molecule has 0 aliphatic rings. The number of nitrogens with one attached hydrogen (secondary N) is 1. The van der Waals surface area contributed by atoms with Gasteiger partial charge in [-0.1, -0.05) is 13.2 Å². The molecular weight excluding hydrogens is 114 g/mol. The standard InChI is InChI=1S/C6H9N3/c1-3-5(6(7)8)9-4-2/h3-4H,1-2H2,(H3,7,8)/b9-5+. The molecule has 0 radical (unpaired) electrons. The van der Waals surface area contributed by atoms with Gasteiger partial charge in [-0.05, 0) is 6.08 Å². The molecule has 0 aromatic heterocycles. The van der Waals surface area contributed by atoms with E-state index in [4.69, 9.17) is 11.1 Å². The molecule has 9 heavy (non-hydrogen) atoms. The minimum Gasteiger partial charge on any atom is -0.382 e. The van der Waals surface area contributed by atoms with E-state index in [9.17, 15) is 0 Å². The first-order valence-corrected chi connectivity index (χ1v) is 2.38. The third kappa shape index (κ3) is 2.43. The first-order chi connectivity index (χ1) is 4.22. The van der Waals surface area contributed by atoms with Crippen molar-refractivity contribution in [3.8, 4) is 0 Å². The maximum Gasteiger partial charge on any atom is 0.141 e. The Morgan fingerprint density at radius 3 is 2.22 bits per heavy atom. The first-order valence-electron chi connectivity index (χ1n) is 2.38. The van der Waals surface area contributed by atoms with Crippen LogP contribution in [0.15, 0.2) is 30.4 Å². The lowest BCUT2D eigenvalue weighted by Gasteiger charge is -1.91. The van der Waals surface area contributed by atoms with E-state index in [1.165, 1.54) is 12.3 Å². The third-order valence-electron chi connectivity index (χ3n) is 0.700. The highest BCUT2D eigenvalue weighted by molar-refractivity contribution is 6.44. The topological polar surface area (TPSA) is 62.2 Å². The predicted molar refractivity (Wildman–Crippen MR) is 39.7 cm³/mol. The summed E-state index contributed by atoms with van der Waals surface area (Å²) in [5.41, 5.74) is 5.42. The minimum absolute atomic E-state index is 0.0927. The summed E-state index contributed by atoms with van der Waals surface area (Å²) in [5, 5.41) is 6.88. The number of hydrogen-bond donors (Lipinski definition) is 2. The van der Waals surface area contributed by atoms with Crippen molar-refractivity contribution in [2.75, 3.05) is 0 Å². The molecule has 0 bridgehead atoms. The summed E-state index contributed by atoms with van der Waals surface area (Å²) < 4.78 is 0. The summed E-state index contributed by atoms with van der Waals surface area (Å²) in [6.07, 6.45) is 2.72. The van der Waals surface area contributed by atoms with Crippen LogP contribution >= 0.6 is 0 Å². The van der Waals surface area contributed by atoms with Gasteiger partial charge in [-0.2, -0.15) is 0 Å². The summed E-state index contributed by atoms with van der Waals surface area (Å²) >= 11 is 0. The van der Waals surface area contributed by atoms with Gasteiger partial charge in [0, 0.05) is 6.20 Å². The highest BCUT2D eigenvalue weighted by atomic mass is 14.8. The molecule has 0 fully saturated rings. The van der Waals surface area contributed by atoms with Crippen LogP contribution < -0.4 is 5.73 Å². The number of rotatable bonds is 3. The lowest BCUT2D eigenvalue weighted by atomic mass is 10.3. The molecule has 0 amide bonds. The van der Waals surface area contributed by atoms with E-state index in [0.29, 0.717) is 5.71 Å². The number of nitrogens with zero attached hydrogens (tertiary/aromatic N) is 1. The largest absolute Gasteiger partial charge is 0.382 e. The lowest BCUT2D eigenvalue weighted by molar-refractivity contribution is 1.47. The summed E-state index contributed by atoms with van der Waals surface area (Å²) in [6, 6.07) is 0. The molecule has 0 aromatic carbocycles. The first kappa shape index (κ1) is 7.62. The Bertz CT molecular complexity index is 167. The Kier molecular flexibility index (Phi) is 3.05. The fourth-order valence-corrected chi connectivity index (χ4v) is 0.331. The summed E-state index contributed by atoms with van der Waals surface area (Å²) in [7, 11) is 0. The molecule has 3 nitrogen and oxygen atoms in total. The molecule has 0 aliphatic heterocycles. The van der Waals surface area contributed by atoms with Crippen LogP contribution in [0.2, 0.25) is 0 Å². The van der Waals surface area contributed by atoms with Crippen LogP contribution in [0.5, 0.6) is 0 Å². The second-order valence-corrected chi connectivity index (χ2v) is 1.31. The average molecular weight is 123 g/mol. The highest BCUT2D eigenvalue weighted by Crippen LogP contribution is 1.79. The van der Waals surface area contributed by atoms with Crippen molar-refractivity contribution in [3.05, 3.63) is 25.4 Å². The minimum atomic E-state index is -0.0927. The van der Waals surface area contributed by atoms with Gasteiger partial charge in [0.15, 0.2) is 0 Å². The fraction of sp³-hybridized carbons (Fsp3) is 0. The van der Waals surface area contributed by atoms with E-state index >= 15 is 0 Å². The molecular formula is C6H9N3. The number of amidine groups is 1. The van der Waals surface area contributed by atoms with Gasteiger partial charge in [0.05, 0.1) is 0 Å². The SMILES string of the molecule is C=C/N=C(\C=C)C(=N)N.